The van der Waals surface area contributed by atoms with Crippen molar-refractivity contribution in [3.05, 3.63) is 41.7 Å². The highest BCUT2D eigenvalue weighted by molar-refractivity contribution is 5.41. The minimum atomic E-state index is -4.56. The van der Waals surface area contributed by atoms with Crippen molar-refractivity contribution in [2.75, 3.05) is 0 Å². The molecule has 2 rings (SSSR count). The van der Waals surface area contributed by atoms with Crippen molar-refractivity contribution in [3.63, 3.8) is 0 Å². The van der Waals surface area contributed by atoms with Gasteiger partial charge >= 0.3 is 6.18 Å². The van der Waals surface area contributed by atoms with Gasteiger partial charge in [0.25, 0.3) is 0 Å². The predicted octanol–water partition coefficient (Wildman–Crippen LogP) is 3.60. The van der Waals surface area contributed by atoms with Gasteiger partial charge in [-0.15, -0.1) is 0 Å². The van der Waals surface area contributed by atoms with Crippen LogP contribution in [0.3, 0.4) is 0 Å². The molecule has 1 aromatic carbocycles. The van der Waals surface area contributed by atoms with Gasteiger partial charge in [-0.2, -0.15) is 18.3 Å². The minimum Gasteiger partial charge on any atom is -0.453 e. The van der Waals surface area contributed by atoms with Crippen molar-refractivity contribution in [1.82, 2.24) is 9.78 Å². The Hall–Kier alpha value is -2.02. The molecule has 0 radical (unpaired) electrons. The van der Waals surface area contributed by atoms with Gasteiger partial charge in [0.1, 0.15) is 5.75 Å². The van der Waals surface area contributed by atoms with Gasteiger partial charge in [0.05, 0.1) is 24.6 Å². The van der Waals surface area contributed by atoms with Crippen LogP contribution in [0.25, 0.3) is 0 Å². The van der Waals surface area contributed by atoms with E-state index in [-0.39, 0.29) is 17.1 Å². The lowest BCUT2D eigenvalue weighted by atomic mass is 10.1. The van der Waals surface area contributed by atoms with Gasteiger partial charge in [0.15, 0.2) is 5.75 Å². The standard InChI is InChI=1S/C14H15F3N2O2/c1-2-5-19-8-11(7-18-19)21-13-4-3-10(9-20)6-12(13)14(15,16)17/h3-4,6-8,20H,2,5,9H2,1H3. The van der Waals surface area contributed by atoms with Crippen LogP contribution < -0.4 is 4.74 Å². The number of halogens is 3. The molecule has 0 aliphatic carbocycles. The van der Waals surface area contributed by atoms with Crippen molar-refractivity contribution >= 4 is 0 Å². The van der Waals surface area contributed by atoms with Crippen LogP contribution >= 0.6 is 0 Å². The first kappa shape index (κ1) is 15.4. The average molecular weight is 300 g/mol. The summed E-state index contributed by atoms with van der Waals surface area (Å²) in [6, 6.07) is 3.47. The van der Waals surface area contributed by atoms with E-state index in [0.29, 0.717) is 6.54 Å². The number of hydrogen-bond acceptors (Lipinski definition) is 3. The summed E-state index contributed by atoms with van der Waals surface area (Å²) in [5.41, 5.74) is -0.742. The zero-order valence-electron chi connectivity index (χ0n) is 11.4. The summed E-state index contributed by atoms with van der Waals surface area (Å²) in [5.74, 6) is -0.0681. The number of hydrogen-bond donors (Lipinski definition) is 1. The van der Waals surface area contributed by atoms with Crippen LogP contribution in [0.4, 0.5) is 13.2 Å². The third-order valence-electron chi connectivity index (χ3n) is 2.82. The van der Waals surface area contributed by atoms with E-state index in [9.17, 15) is 13.2 Å². The second kappa shape index (κ2) is 6.17. The summed E-state index contributed by atoms with van der Waals surface area (Å²) in [6.45, 7) is 2.17. The lowest BCUT2D eigenvalue weighted by molar-refractivity contribution is -0.138. The summed E-state index contributed by atoms with van der Waals surface area (Å²) in [5, 5.41) is 12.9. The summed E-state index contributed by atoms with van der Waals surface area (Å²) in [6.07, 6.45) is -0.778. The zero-order valence-corrected chi connectivity index (χ0v) is 11.4. The SMILES string of the molecule is CCCn1cc(Oc2ccc(CO)cc2C(F)(F)F)cn1. The van der Waals surface area contributed by atoms with Crippen molar-refractivity contribution < 1.29 is 23.0 Å². The zero-order chi connectivity index (χ0) is 15.5. The van der Waals surface area contributed by atoms with Crippen molar-refractivity contribution in [2.24, 2.45) is 0 Å². The van der Waals surface area contributed by atoms with Crippen molar-refractivity contribution in [1.29, 1.82) is 0 Å². The molecule has 1 N–H and O–H groups in total. The van der Waals surface area contributed by atoms with Crippen LogP contribution in [0.1, 0.15) is 24.5 Å². The number of aliphatic hydroxyl groups excluding tert-OH is 1. The monoisotopic (exact) mass is 300 g/mol. The summed E-state index contributed by atoms with van der Waals surface area (Å²) in [4.78, 5) is 0. The Morgan fingerprint density at radius 3 is 2.71 bits per heavy atom. The lowest BCUT2D eigenvalue weighted by Crippen LogP contribution is -2.08. The fraction of sp³-hybridized carbons (Fsp3) is 0.357. The Morgan fingerprint density at radius 2 is 2.10 bits per heavy atom. The third-order valence-corrected chi connectivity index (χ3v) is 2.82. The molecule has 0 bridgehead atoms. The van der Waals surface area contributed by atoms with E-state index in [4.69, 9.17) is 9.84 Å². The Balaban J connectivity index is 2.29. The maximum atomic E-state index is 13.0. The smallest absolute Gasteiger partial charge is 0.419 e. The normalized spacial score (nSPS) is 11.7. The molecule has 0 unspecified atom stereocenters. The molecule has 7 heteroatoms. The van der Waals surface area contributed by atoms with Crippen LogP contribution in [0.2, 0.25) is 0 Å². The molecule has 0 atom stereocenters. The van der Waals surface area contributed by atoms with Gasteiger partial charge < -0.3 is 9.84 Å². The number of rotatable bonds is 5. The lowest BCUT2D eigenvalue weighted by Gasteiger charge is -2.13. The van der Waals surface area contributed by atoms with Crippen LogP contribution in [0.5, 0.6) is 11.5 Å². The molecular weight excluding hydrogens is 285 g/mol. The Labute approximate surface area is 119 Å². The molecule has 0 aliphatic heterocycles. The van der Waals surface area contributed by atoms with E-state index in [1.165, 1.54) is 18.3 Å². The van der Waals surface area contributed by atoms with Crippen LogP contribution in [-0.2, 0) is 19.3 Å². The number of alkyl halides is 3. The highest BCUT2D eigenvalue weighted by atomic mass is 19.4. The van der Waals surface area contributed by atoms with Crippen molar-refractivity contribution in [2.45, 2.75) is 32.7 Å². The maximum Gasteiger partial charge on any atom is 0.419 e. The second-order valence-corrected chi connectivity index (χ2v) is 4.53. The largest absolute Gasteiger partial charge is 0.453 e. The molecule has 0 aliphatic rings. The van der Waals surface area contributed by atoms with Crippen molar-refractivity contribution in [3.8, 4) is 11.5 Å². The number of benzene rings is 1. The van der Waals surface area contributed by atoms with Crippen LogP contribution in [0, 0.1) is 0 Å². The molecule has 0 fully saturated rings. The molecule has 0 saturated heterocycles. The quantitative estimate of drug-likeness (QED) is 0.918. The van der Waals surface area contributed by atoms with E-state index in [1.54, 1.807) is 10.9 Å². The van der Waals surface area contributed by atoms with Gasteiger partial charge in [-0.1, -0.05) is 13.0 Å². The summed E-state index contributed by atoms with van der Waals surface area (Å²) in [7, 11) is 0. The molecule has 1 aromatic heterocycles. The fourth-order valence-electron chi connectivity index (χ4n) is 1.86. The van der Waals surface area contributed by atoms with Crippen LogP contribution in [0.15, 0.2) is 30.6 Å². The van der Waals surface area contributed by atoms with Gasteiger partial charge in [0, 0.05) is 6.54 Å². The number of aliphatic hydroxyl groups is 1. The Morgan fingerprint density at radius 1 is 1.33 bits per heavy atom. The molecule has 4 nitrogen and oxygen atoms in total. The first-order valence-corrected chi connectivity index (χ1v) is 6.45. The first-order valence-electron chi connectivity index (χ1n) is 6.45. The second-order valence-electron chi connectivity index (χ2n) is 4.53. The van der Waals surface area contributed by atoms with E-state index in [1.807, 2.05) is 6.92 Å². The topological polar surface area (TPSA) is 47.3 Å². The number of aryl methyl sites for hydroxylation is 1. The summed E-state index contributed by atoms with van der Waals surface area (Å²) >= 11 is 0. The van der Waals surface area contributed by atoms with E-state index < -0.39 is 18.3 Å². The summed E-state index contributed by atoms with van der Waals surface area (Å²) < 4.78 is 45.9. The molecule has 0 saturated carbocycles. The van der Waals surface area contributed by atoms with E-state index in [0.717, 1.165) is 12.5 Å². The number of nitrogens with zero attached hydrogens (tertiary/aromatic N) is 2. The molecule has 2 aromatic rings. The molecule has 0 spiro atoms. The number of ether oxygens (including phenoxy) is 1. The molecular formula is C14H15F3N2O2. The third kappa shape index (κ3) is 3.75. The van der Waals surface area contributed by atoms with E-state index >= 15 is 0 Å². The average Bonchev–Trinajstić information content (AvgIpc) is 2.86. The molecule has 21 heavy (non-hydrogen) atoms. The molecule has 0 amide bonds. The van der Waals surface area contributed by atoms with Crippen LogP contribution in [-0.4, -0.2) is 14.9 Å². The Bertz CT molecular complexity index is 609. The van der Waals surface area contributed by atoms with Gasteiger partial charge in [-0.05, 0) is 24.1 Å². The fourth-order valence-corrected chi connectivity index (χ4v) is 1.86. The highest BCUT2D eigenvalue weighted by Crippen LogP contribution is 2.38. The van der Waals surface area contributed by atoms with Gasteiger partial charge in [-0.25, -0.2) is 0 Å². The van der Waals surface area contributed by atoms with Gasteiger partial charge in [-0.3, -0.25) is 4.68 Å². The maximum absolute atomic E-state index is 13.0. The van der Waals surface area contributed by atoms with Gasteiger partial charge in [0.2, 0.25) is 0 Å². The predicted molar refractivity (Wildman–Crippen MR) is 70.0 cm³/mol. The van der Waals surface area contributed by atoms with E-state index in [2.05, 4.69) is 5.10 Å². The Kier molecular flexibility index (Phi) is 4.52. The molecule has 1 heterocycles. The molecule has 114 valence electrons. The highest BCUT2D eigenvalue weighted by Gasteiger charge is 2.35. The first-order chi connectivity index (χ1) is 9.94. The number of aromatic nitrogens is 2. The minimum absolute atomic E-state index is 0.177.